The molecule has 10 heteroatoms. The van der Waals surface area contributed by atoms with Gasteiger partial charge in [-0.2, -0.15) is 0 Å². The summed E-state index contributed by atoms with van der Waals surface area (Å²) in [6, 6.07) is 2.23. The zero-order valence-corrected chi connectivity index (χ0v) is 16.5. The second-order valence-electron chi connectivity index (χ2n) is 6.25. The smallest absolute Gasteiger partial charge is 0.296 e. The molecule has 8 nitrogen and oxygen atoms in total. The van der Waals surface area contributed by atoms with Crippen molar-refractivity contribution in [2.24, 2.45) is 5.92 Å². The third-order valence-corrected chi connectivity index (χ3v) is 5.86. The highest BCUT2D eigenvalue weighted by Crippen LogP contribution is 2.47. The van der Waals surface area contributed by atoms with E-state index in [1.807, 2.05) is 0 Å². The van der Waals surface area contributed by atoms with Crippen LogP contribution in [0, 0.1) is 5.92 Å². The first-order valence-corrected chi connectivity index (χ1v) is 9.74. The number of hydrogen-bond acceptors (Lipinski definition) is 8. The Balaban J connectivity index is 1.90. The van der Waals surface area contributed by atoms with Crippen LogP contribution in [-0.4, -0.2) is 39.2 Å². The quantitative estimate of drug-likeness (QED) is 0.718. The van der Waals surface area contributed by atoms with Crippen molar-refractivity contribution >= 4 is 44.1 Å². The van der Waals surface area contributed by atoms with E-state index in [0.717, 1.165) is 24.2 Å². The van der Waals surface area contributed by atoms with Crippen LogP contribution in [0.3, 0.4) is 0 Å². The van der Waals surface area contributed by atoms with Crippen LogP contribution in [0.1, 0.15) is 24.4 Å². The van der Waals surface area contributed by atoms with Gasteiger partial charge in [0.15, 0.2) is 23.0 Å². The first-order chi connectivity index (χ1) is 12.9. The molecule has 1 amide bonds. The molecule has 2 aromatic rings. The summed E-state index contributed by atoms with van der Waals surface area (Å²) in [5.41, 5.74) is 2.00. The highest BCUT2D eigenvalue weighted by Gasteiger charge is 2.48. The third kappa shape index (κ3) is 2.88. The summed E-state index contributed by atoms with van der Waals surface area (Å²) in [7, 11) is 1.40. The van der Waals surface area contributed by atoms with Crippen molar-refractivity contribution in [3.63, 3.8) is 0 Å². The van der Waals surface area contributed by atoms with Crippen LogP contribution in [0.5, 0.6) is 11.5 Å². The van der Waals surface area contributed by atoms with Gasteiger partial charge in [0.1, 0.15) is 5.51 Å². The summed E-state index contributed by atoms with van der Waals surface area (Å²) >= 11 is 4.38. The van der Waals surface area contributed by atoms with Gasteiger partial charge in [-0.1, -0.05) is 11.3 Å². The minimum atomic E-state index is -0.885. The van der Waals surface area contributed by atoms with E-state index >= 15 is 0 Å². The average molecular weight is 452 g/mol. The number of aliphatic hydroxyl groups is 1. The van der Waals surface area contributed by atoms with Crippen molar-refractivity contribution in [1.29, 1.82) is 0 Å². The minimum Gasteiger partial charge on any atom is -0.503 e. The maximum Gasteiger partial charge on any atom is 0.296 e. The van der Waals surface area contributed by atoms with Gasteiger partial charge in [-0.25, -0.2) is 0 Å². The van der Waals surface area contributed by atoms with Crippen LogP contribution in [0.25, 0.3) is 0 Å². The molecule has 0 bridgehead atoms. The average Bonchev–Trinajstić information content (AvgIpc) is 3.31. The SMILES string of the molecule is COc1cc(C2C(C(=O)C3CC3)=C(O)C(=O)N2c2nncs2)cc(Br)c1O. The zero-order chi connectivity index (χ0) is 19.3. The lowest BCUT2D eigenvalue weighted by molar-refractivity contribution is -0.118. The van der Waals surface area contributed by atoms with E-state index < -0.39 is 17.7 Å². The molecule has 140 valence electrons. The zero-order valence-electron chi connectivity index (χ0n) is 14.0. The van der Waals surface area contributed by atoms with Gasteiger partial charge in [0.25, 0.3) is 5.91 Å². The molecule has 1 aliphatic carbocycles. The summed E-state index contributed by atoms with van der Waals surface area (Å²) in [5, 5.41) is 28.5. The largest absolute Gasteiger partial charge is 0.503 e. The molecule has 4 rings (SSSR count). The number of ether oxygens (including phenoxy) is 1. The number of rotatable bonds is 5. The first kappa shape index (κ1) is 17.9. The van der Waals surface area contributed by atoms with E-state index in [1.165, 1.54) is 23.6 Å². The molecule has 2 aliphatic rings. The normalized spacial score (nSPS) is 19.7. The summed E-state index contributed by atoms with van der Waals surface area (Å²) in [4.78, 5) is 26.9. The van der Waals surface area contributed by atoms with Crippen molar-refractivity contribution in [2.45, 2.75) is 18.9 Å². The topological polar surface area (TPSA) is 113 Å². The third-order valence-electron chi connectivity index (χ3n) is 4.56. The molecule has 1 atom stereocenters. The Labute approximate surface area is 166 Å². The van der Waals surface area contributed by atoms with E-state index in [4.69, 9.17) is 4.74 Å². The number of phenols is 1. The summed E-state index contributed by atoms with van der Waals surface area (Å²) < 4.78 is 5.53. The number of benzene rings is 1. The van der Waals surface area contributed by atoms with Gasteiger partial charge >= 0.3 is 0 Å². The Morgan fingerprint density at radius 3 is 2.70 bits per heavy atom. The number of methoxy groups -OCH3 is 1. The van der Waals surface area contributed by atoms with Gasteiger partial charge in [0.2, 0.25) is 5.13 Å². The van der Waals surface area contributed by atoms with Crippen LogP contribution in [-0.2, 0) is 9.59 Å². The van der Waals surface area contributed by atoms with E-state index in [9.17, 15) is 19.8 Å². The fourth-order valence-corrected chi connectivity index (χ4v) is 4.16. The molecular weight excluding hydrogens is 438 g/mol. The molecule has 1 aromatic carbocycles. The molecular formula is C17H14BrN3O5S. The Kier molecular flexibility index (Phi) is 4.39. The number of amides is 1. The van der Waals surface area contributed by atoms with Crippen LogP contribution in [0.2, 0.25) is 0 Å². The fourth-order valence-electron chi connectivity index (χ4n) is 3.11. The molecule has 1 unspecified atom stereocenters. The number of phenolic OH excluding ortho intramolecular Hbond substituents is 1. The van der Waals surface area contributed by atoms with Gasteiger partial charge in [-0.05, 0) is 46.5 Å². The van der Waals surface area contributed by atoms with E-state index in [-0.39, 0.29) is 33.9 Å². The molecule has 1 aliphatic heterocycles. The number of ketones is 1. The Hall–Kier alpha value is -2.46. The Morgan fingerprint density at radius 2 is 2.11 bits per heavy atom. The maximum atomic E-state index is 12.8. The number of halogens is 1. The Morgan fingerprint density at radius 1 is 1.37 bits per heavy atom. The predicted octanol–water partition coefficient (Wildman–Crippen LogP) is 2.89. The lowest BCUT2D eigenvalue weighted by Gasteiger charge is -2.25. The fraction of sp³-hybridized carbons (Fsp3) is 0.294. The molecule has 2 heterocycles. The number of anilines is 1. The summed E-state index contributed by atoms with van der Waals surface area (Å²) in [5.74, 6) is -1.64. The summed E-state index contributed by atoms with van der Waals surface area (Å²) in [6.07, 6.45) is 1.47. The highest BCUT2D eigenvalue weighted by molar-refractivity contribution is 9.10. The Bertz CT molecular complexity index is 971. The molecule has 0 spiro atoms. The predicted molar refractivity (Wildman–Crippen MR) is 99.9 cm³/mol. The van der Waals surface area contributed by atoms with Crippen LogP contribution in [0.15, 0.2) is 33.4 Å². The number of aliphatic hydroxyl groups excluding tert-OH is 1. The lowest BCUT2D eigenvalue weighted by Crippen LogP contribution is -2.31. The number of Topliss-reactive ketones (excluding diaryl/α,β-unsaturated/α-hetero) is 1. The molecule has 27 heavy (non-hydrogen) atoms. The van der Waals surface area contributed by atoms with E-state index in [0.29, 0.717) is 10.0 Å². The number of aromatic nitrogens is 2. The number of carbonyl (C=O) groups excluding carboxylic acids is 2. The van der Waals surface area contributed by atoms with Crippen molar-refractivity contribution in [1.82, 2.24) is 10.2 Å². The van der Waals surface area contributed by atoms with Gasteiger partial charge in [-0.3, -0.25) is 14.5 Å². The van der Waals surface area contributed by atoms with Crippen LogP contribution < -0.4 is 9.64 Å². The van der Waals surface area contributed by atoms with E-state index in [1.54, 1.807) is 6.07 Å². The molecule has 1 saturated carbocycles. The number of hydrogen-bond donors (Lipinski definition) is 2. The molecule has 1 fully saturated rings. The first-order valence-electron chi connectivity index (χ1n) is 8.07. The lowest BCUT2D eigenvalue weighted by atomic mass is 9.94. The summed E-state index contributed by atoms with van der Waals surface area (Å²) in [6.45, 7) is 0. The van der Waals surface area contributed by atoms with E-state index in [2.05, 4.69) is 26.1 Å². The standard InChI is InChI=1S/C17H14BrN3O5S/c1-26-10-5-8(4-9(18)14(10)23)12-11(13(22)7-2-3-7)15(24)16(25)21(12)17-20-19-6-27-17/h4-7,12,23-24H,2-3H2,1H3. The van der Waals surface area contributed by atoms with Gasteiger partial charge in [-0.15, -0.1) is 10.2 Å². The van der Waals surface area contributed by atoms with Crippen molar-refractivity contribution < 1.29 is 24.5 Å². The second kappa shape index (κ2) is 6.61. The molecule has 0 radical (unpaired) electrons. The van der Waals surface area contributed by atoms with Gasteiger partial charge in [0, 0.05) is 5.92 Å². The van der Waals surface area contributed by atoms with Crippen molar-refractivity contribution in [3.8, 4) is 11.5 Å². The second-order valence-corrected chi connectivity index (χ2v) is 7.92. The van der Waals surface area contributed by atoms with Crippen molar-refractivity contribution in [2.75, 3.05) is 12.0 Å². The molecule has 1 aromatic heterocycles. The number of carbonyl (C=O) groups is 2. The minimum absolute atomic E-state index is 0.0392. The maximum absolute atomic E-state index is 12.8. The van der Waals surface area contributed by atoms with Gasteiger partial charge < -0.3 is 14.9 Å². The molecule has 2 N–H and O–H groups in total. The molecule has 0 saturated heterocycles. The van der Waals surface area contributed by atoms with Crippen LogP contribution >= 0.6 is 27.3 Å². The number of nitrogens with zero attached hydrogens (tertiary/aromatic N) is 3. The number of aromatic hydroxyl groups is 1. The van der Waals surface area contributed by atoms with Crippen LogP contribution in [0.4, 0.5) is 5.13 Å². The van der Waals surface area contributed by atoms with Gasteiger partial charge in [0.05, 0.1) is 23.2 Å². The highest BCUT2D eigenvalue weighted by atomic mass is 79.9. The van der Waals surface area contributed by atoms with Crippen molar-refractivity contribution in [3.05, 3.63) is 39.0 Å². The monoisotopic (exact) mass is 451 g/mol.